The second-order valence-corrected chi connectivity index (χ2v) is 5.85. The first kappa shape index (κ1) is 17.1. The highest BCUT2D eigenvalue weighted by atomic mass is 16.5. The third kappa shape index (κ3) is 4.03. The maximum Gasteiger partial charge on any atom is 0.227 e. The van der Waals surface area contributed by atoms with Crippen LogP contribution in [0.15, 0.2) is 4.52 Å². The van der Waals surface area contributed by atoms with E-state index in [1.165, 1.54) is 0 Å². The van der Waals surface area contributed by atoms with Gasteiger partial charge < -0.3 is 15.0 Å². The van der Waals surface area contributed by atoms with Crippen molar-refractivity contribution >= 4 is 0 Å². The van der Waals surface area contributed by atoms with Crippen LogP contribution in [0, 0.1) is 11.8 Å². The van der Waals surface area contributed by atoms with E-state index in [2.05, 4.69) is 37.8 Å². The highest BCUT2D eigenvalue weighted by Crippen LogP contribution is 2.30. The Labute approximate surface area is 122 Å². The van der Waals surface area contributed by atoms with Crippen LogP contribution in [0.25, 0.3) is 0 Å². The Morgan fingerprint density at radius 2 is 1.95 bits per heavy atom. The number of nitrogens with two attached hydrogens (primary N) is 1. The summed E-state index contributed by atoms with van der Waals surface area (Å²) in [5.41, 5.74) is 5.39. The molecule has 0 bridgehead atoms. The molecule has 0 radical (unpaired) electrons. The van der Waals surface area contributed by atoms with Crippen molar-refractivity contribution in [2.24, 2.45) is 17.6 Å². The molecule has 1 rings (SSSR count). The van der Waals surface area contributed by atoms with Gasteiger partial charge in [0.25, 0.3) is 0 Å². The predicted molar refractivity (Wildman–Crippen MR) is 79.3 cm³/mol. The van der Waals surface area contributed by atoms with Crippen molar-refractivity contribution in [3.63, 3.8) is 0 Å². The molecule has 1 heterocycles. The molecule has 0 aliphatic rings. The fourth-order valence-corrected chi connectivity index (χ4v) is 2.65. The molecule has 1 atom stereocenters. The predicted octanol–water partition coefficient (Wildman–Crippen LogP) is 2.89. The summed E-state index contributed by atoms with van der Waals surface area (Å²) in [6.45, 7) is 9.19. The summed E-state index contributed by atoms with van der Waals surface area (Å²) >= 11 is 0. The normalized spacial score (nSPS) is 13.9. The van der Waals surface area contributed by atoms with Gasteiger partial charge in [-0.3, -0.25) is 0 Å². The van der Waals surface area contributed by atoms with Crippen molar-refractivity contribution in [3.05, 3.63) is 11.7 Å². The van der Waals surface area contributed by atoms with E-state index in [0.29, 0.717) is 30.1 Å². The van der Waals surface area contributed by atoms with Crippen LogP contribution in [0.2, 0.25) is 0 Å². The van der Waals surface area contributed by atoms with Crippen LogP contribution in [-0.4, -0.2) is 23.8 Å². The standard InChI is InChI=1S/C15H29N3O2/c1-6-15(7-2,19-5)14-17-13(20-18-14)9-12(10-16)8-11(3)4/h11-12H,6-10,16H2,1-5H3. The Hall–Kier alpha value is -0.940. The lowest BCUT2D eigenvalue weighted by atomic mass is 9.94. The van der Waals surface area contributed by atoms with Gasteiger partial charge in [0.1, 0.15) is 5.60 Å². The third-order valence-corrected chi connectivity index (χ3v) is 4.01. The molecule has 0 aliphatic heterocycles. The lowest BCUT2D eigenvalue weighted by Crippen LogP contribution is -2.28. The van der Waals surface area contributed by atoms with Gasteiger partial charge >= 0.3 is 0 Å². The molecule has 0 fully saturated rings. The van der Waals surface area contributed by atoms with Crippen molar-refractivity contribution in [2.75, 3.05) is 13.7 Å². The lowest BCUT2D eigenvalue weighted by molar-refractivity contribution is -0.0306. The quantitative estimate of drug-likeness (QED) is 0.754. The van der Waals surface area contributed by atoms with Gasteiger partial charge in [0.05, 0.1) is 0 Å². The van der Waals surface area contributed by atoms with Crippen LogP contribution in [0.3, 0.4) is 0 Å². The molecule has 1 aromatic heterocycles. The van der Waals surface area contributed by atoms with Gasteiger partial charge in [-0.15, -0.1) is 0 Å². The van der Waals surface area contributed by atoms with Gasteiger partial charge in [-0.1, -0.05) is 32.9 Å². The maximum atomic E-state index is 5.83. The smallest absolute Gasteiger partial charge is 0.227 e. The molecule has 116 valence electrons. The molecule has 0 saturated carbocycles. The summed E-state index contributed by atoms with van der Waals surface area (Å²) in [6.07, 6.45) is 3.47. The zero-order valence-corrected chi connectivity index (χ0v) is 13.5. The molecule has 2 N–H and O–H groups in total. The zero-order chi connectivity index (χ0) is 15.2. The molecule has 20 heavy (non-hydrogen) atoms. The molecule has 0 saturated heterocycles. The number of ether oxygens (including phenoxy) is 1. The van der Waals surface area contributed by atoms with Gasteiger partial charge in [0.15, 0.2) is 0 Å². The first-order chi connectivity index (χ1) is 9.51. The van der Waals surface area contributed by atoms with Gasteiger partial charge in [0, 0.05) is 13.5 Å². The van der Waals surface area contributed by atoms with Gasteiger partial charge in [-0.2, -0.15) is 4.98 Å². The largest absolute Gasteiger partial charge is 0.370 e. The van der Waals surface area contributed by atoms with E-state index in [0.717, 1.165) is 25.7 Å². The Bertz CT molecular complexity index is 378. The van der Waals surface area contributed by atoms with Crippen LogP contribution in [0.4, 0.5) is 0 Å². The highest BCUT2D eigenvalue weighted by Gasteiger charge is 2.33. The topological polar surface area (TPSA) is 74.2 Å². The monoisotopic (exact) mass is 283 g/mol. The highest BCUT2D eigenvalue weighted by molar-refractivity contribution is 5.01. The maximum absolute atomic E-state index is 5.83. The Morgan fingerprint density at radius 3 is 2.40 bits per heavy atom. The number of hydrogen-bond acceptors (Lipinski definition) is 5. The Kier molecular flexibility index (Phi) is 6.62. The van der Waals surface area contributed by atoms with Crippen molar-refractivity contribution in [1.82, 2.24) is 10.1 Å². The Balaban J connectivity index is 2.80. The van der Waals surface area contributed by atoms with Crippen LogP contribution in [0.5, 0.6) is 0 Å². The lowest BCUT2D eigenvalue weighted by Gasteiger charge is -2.25. The van der Waals surface area contributed by atoms with Crippen molar-refractivity contribution in [3.8, 4) is 0 Å². The summed E-state index contributed by atoms with van der Waals surface area (Å²) in [4.78, 5) is 4.53. The number of methoxy groups -OCH3 is 1. The fraction of sp³-hybridized carbons (Fsp3) is 0.867. The number of nitrogens with zero attached hydrogens (tertiary/aromatic N) is 2. The summed E-state index contributed by atoms with van der Waals surface area (Å²) < 4.78 is 11.0. The minimum absolute atomic E-state index is 0.392. The van der Waals surface area contributed by atoms with Crippen LogP contribution in [-0.2, 0) is 16.8 Å². The van der Waals surface area contributed by atoms with E-state index in [9.17, 15) is 0 Å². The first-order valence-corrected chi connectivity index (χ1v) is 7.59. The molecular weight excluding hydrogens is 254 g/mol. The first-order valence-electron chi connectivity index (χ1n) is 7.59. The third-order valence-electron chi connectivity index (χ3n) is 4.01. The molecule has 0 aromatic carbocycles. The molecule has 5 nitrogen and oxygen atoms in total. The molecule has 1 unspecified atom stereocenters. The van der Waals surface area contributed by atoms with Crippen molar-refractivity contribution < 1.29 is 9.26 Å². The van der Waals surface area contributed by atoms with Gasteiger partial charge in [-0.05, 0) is 37.6 Å². The molecule has 5 heteroatoms. The number of aromatic nitrogens is 2. The minimum atomic E-state index is -0.433. The molecule has 0 spiro atoms. The molecule has 0 aliphatic carbocycles. The fourth-order valence-electron chi connectivity index (χ4n) is 2.65. The van der Waals surface area contributed by atoms with Gasteiger partial charge in [-0.25, -0.2) is 0 Å². The van der Waals surface area contributed by atoms with Crippen LogP contribution >= 0.6 is 0 Å². The van der Waals surface area contributed by atoms with Gasteiger partial charge in [0.2, 0.25) is 11.7 Å². The zero-order valence-electron chi connectivity index (χ0n) is 13.5. The molecule has 1 aromatic rings. The van der Waals surface area contributed by atoms with Crippen molar-refractivity contribution in [1.29, 1.82) is 0 Å². The second-order valence-electron chi connectivity index (χ2n) is 5.85. The molecular formula is C15H29N3O2. The number of rotatable bonds is 9. The van der Waals surface area contributed by atoms with Crippen LogP contribution in [0.1, 0.15) is 58.7 Å². The van der Waals surface area contributed by atoms with E-state index in [1.807, 2.05) is 0 Å². The van der Waals surface area contributed by atoms with E-state index in [1.54, 1.807) is 7.11 Å². The minimum Gasteiger partial charge on any atom is -0.370 e. The summed E-state index contributed by atoms with van der Waals surface area (Å²) in [7, 11) is 1.70. The van der Waals surface area contributed by atoms with E-state index < -0.39 is 5.60 Å². The number of hydrogen-bond donors (Lipinski definition) is 1. The van der Waals surface area contributed by atoms with E-state index in [4.69, 9.17) is 15.0 Å². The summed E-state index contributed by atoms with van der Waals surface area (Å²) in [5, 5.41) is 4.12. The van der Waals surface area contributed by atoms with Crippen molar-refractivity contribution in [2.45, 2.75) is 59.0 Å². The average molecular weight is 283 g/mol. The molecule has 0 amide bonds. The summed E-state index contributed by atoms with van der Waals surface area (Å²) in [5.74, 6) is 2.33. The second kappa shape index (κ2) is 7.74. The summed E-state index contributed by atoms with van der Waals surface area (Å²) in [6, 6.07) is 0. The average Bonchev–Trinajstić information content (AvgIpc) is 2.89. The Morgan fingerprint density at radius 1 is 1.30 bits per heavy atom. The van der Waals surface area contributed by atoms with Crippen LogP contribution < -0.4 is 5.73 Å². The van der Waals surface area contributed by atoms with E-state index >= 15 is 0 Å². The SMILES string of the molecule is CCC(CC)(OC)c1noc(CC(CN)CC(C)C)n1. The van der Waals surface area contributed by atoms with E-state index in [-0.39, 0.29) is 0 Å².